The molecule has 4 heterocycles. The molecule has 1 aromatic carbocycles. The number of rotatable bonds is 10. The molecule has 2 aliphatic rings. The first-order valence-corrected chi connectivity index (χ1v) is 17.3. The maximum atomic E-state index is 14.7. The highest BCUT2D eigenvalue weighted by Gasteiger charge is 2.59. The van der Waals surface area contributed by atoms with Crippen molar-refractivity contribution in [1.29, 1.82) is 0 Å². The fourth-order valence-electron chi connectivity index (χ4n) is 4.85. The van der Waals surface area contributed by atoms with Crippen LogP contribution in [-0.2, 0) is 22.7 Å². The molecule has 1 atom stereocenters. The number of halogens is 4. The molecule has 0 radical (unpaired) electrons. The van der Waals surface area contributed by atoms with Crippen molar-refractivity contribution in [2.75, 3.05) is 43.1 Å². The van der Waals surface area contributed by atoms with Gasteiger partial charge in [0.15, 0.2) is 17.3 Å². The molecule has 1 aliphatic carbocycles. The standard InChI is InChI=1S/C26H32F4N8O2Si/c1-41(2,3)11-10-40-15-37-19-5-4-18(27)21(28)22(19)33-20(37)14-31-24-35-25(36-6-8-39-9-7-36)34-23-16(13-32-38(23)24)17-12-26(17,29)30/h4-5,13,17H,6-12,14-15H2,1-3H3,(H,31,34,35). The number of morpholine rings is 1. The van der Waals surface area contributed by atoms with Crippen LogP contribution in [0.15, 0.2) is 18.3 Å². The Morgan fingerprint density at radius 3 is 2.59 bits per heavy atom. The van der Waals surface area contributed by atoms with Crippen LogP contribution in [0.1, 0.15) is 23.7 Å². The lowest BCUT2D eigenvalue weighted by molar-refractivity contribution is 0.0880. The van der Waals surface area contributed by atoms with Gasteiger partial charge in [0.1, 0.15) is 18.1 Å². The van der Waals surface area contributed by atoms with Crippen LogP contribution < -0.4 is 10.2 Å². The van der Waals surface area contributed by atoms with E-state index in [1.165, 1.54) is 16.8 Å². The largest absolute Gasteiger partial charge is 0.378 e. The van der Waals surface area contributed by atoms with Gasteiger partial charge in [0.2, 0.25) is 11.9 Å². The third kappa shape index (κ3) is 5.62. The van der Waals surface area contributed by atoms with E-state index in [0.29, 0.717) is 61.4 Å². The second-order valence-electron chi connectivity index (χ2n) is 11.7. The zero-order valence-electron chi connectivity index (χ0n) is 23.1. The summed E-state index contributed by atoms with van der Waals surface area (Å²) in [5.41, 5.74) is 0.945. The third-order valence-corrected chi connectivity index (χ3v) is 9.10. The van der Waals surface area contributed by atoms with E-state index in [1.807, 2.05) is 4.90 Å². The van der Waals surface area contributed by atoms with Crippen molar-refractivity contribution >= 4 is 36.7 Å². The Bertz CT molecular complexity index is 1580. The monoisotopic (exact) mass is 592 g/mol. The minimum absolute atomic E-state index is 0.0521. The van der Waals surface area contributed by atoms with Gasteiger partial charge in [-0.1, -0.05) is 19.6 Å². The van der Waals surface area contributed by atoms with Crippen LogP contribution in [0, 0.1) is 11.6 Å². The first-order chi connectivity index (χ1) is 19.5. The summed E-state index contributed by atoms with van der Waals surface area (Å²) >= 11 is 0. The minimum Gasteiger partial charge on any atom is -0.378 e. The fourth-order valence-corrected chi connectivity index (χ4v) is 5.61. The third-order valence-electron chi connectivity index (χ3n) is 7.39. The van der Waals surface area contributed by atoms with Crippen molar-refractivity contribution in [3.63, 3.8) is 0 Å². The Morgan fingerprint density at radius 1 is 1.12 bits per heavy atom. The molecule has 1 N–H and O–H groups in total. The molecule has 220 valence electrons. The van der Waals surface area contributed by atoms with Crippen molar-refractivity contribution in [3.8, 4) is 0 Å². The number of nitrogens with one attached hydrogen (secondary N) is 1. The molecule has 1 saturated carbocycles. The van der Waals surface area contributed by atoms with Crippen LogP contribution in [0.2, 0.25) is 25.7 Å². The molecule has 15 heteroatoms. The first-order valence-electron chi connectivity index (χ1n) is 13.6. The Hall–Kier alpha value is -3.30. The number of ether oxygens (including phenoxy) is 2. The zero-order valence-corrected chi connectivity index (χ0v) is 24.1. The minimum atomic E-state index is -2.79. The summed E-state index contributed by atoms with van der Waals surface area (Å²) in [6, 6.07) is 3.48. The van der Waals surface area contributed by atoms with Crippen LogP contribution in [0.4, 0.5) is 29.5 Å². The van der Waals surface area contributed by atoms with Crippen LogP contribution in [0.5, 0.6) is 0 Å². The Labute approximate surface area is 234 Å². The van der Waals surface area contributed by atoms with Gasteiger partial charge < -0.3 is 24.3 Å². The normalized spacial score (nSPS) is 18.9. The van der Waals surface area contributed by atoms with E-state index in [-0.39, 0.29) is 31.2 Å². The molecule has 41 heavy (non-hydrogen) atoms. The quantitative estimate of drug-likeness (QED) is 0.162. The molecule has 6 rings (SSSR count). The van der Waals surface area contributed by atoms with Crippen molar-refractivity contribution in [2.45, 2.75) is 57.2 Å². The molecule has 0 bridgehead atoms. The predicted molar refractivity (Wildman–Crippen MR) is 147 cm³/mol. The number of fused-ring (bicyclic) bond motifs is 2. The molecule has 1 saturated heterocycles. The van der Waals surface area contributed by atoms with Gasteiger partial charge in [-0.15, -0.1) is 0 Å². The molecule has 3 aromatic heterocycles. The van der Waals surface area contributed by atoms with Gasteiger partial charge in [0.05, 0.1) is 37.4 Å². The van der Waals surface area contributed by atoms with E-state index in [9.17, 15) is 17.6 Å². The van der Waals surface area contributed by atoms with Crippen molar-refractivity contribution in [1.82, 2.24) is 29.1 Å². The molecule has 10 nitrogen and oxygen atoms in total. The number of hydrogen-bond acceptors (Lipinski definition) is 8. The predicted octanol–water partition coefficient (Wildman–Crippen LogP) is 4.64. The summed E-state index contributed by atoms with van der Waals surface area (Å²) in [7, 11) is -1.33. The van der Waals surface area contributed by atoms with Gasteiger partial charge in [-0.05, 0) is 18.2 Å². The number of alkyl halides is 2. The number of hydrogen-bond donors (Lipinski definition) is 1. The van der Waals surface area contributed by atoms with Gasteiger partial charge in [-0.3, -0.25) is 0 Å². The average Bonchev–Trinajstić information content (AvgIpc) is 3.24. The van der Waals surface area contributed by atoms with Gasteiger partial charge in [-0.2, -0.15) is 19.6 Å². The lowest BCUT2D eigenvalue weighted by Gasteiger charge is -2.27. The summed E-state index contributed by atoms with van der Waals surface area (Å²) in [5.74, 6) is -4.75. The van der Waals surface area contributed by atoms with E-state index >= 15 is 0 Å². The van der Waals surface area contributed by atoms with E-state index in [0.717, 1.165) is 12.1 Å². The van der Waals surface area contributed by atoms with Gasteiger partial charge in [-0.25, -0.2) is 22.5 Å². The smallest absolute Gasteiger partial charge is 0.256 e. The van der Waals surface area contributed by atoms with Crippen LogP contribution in [-0.4, -0.2) is 76.0 Å². The van der Waals surface area contributed by atoms with Crippen molar-refractivity contribution < 1.29 is 27.0 Å². The number of aromatic nitrogens is 6. The molecule has 0 amide bonds. The second-order valence-corrected chi connectivity index (χ2v) is 17.3. The van der Waals surface area contributed by atoms with E-state index < -0.39 is 31.5 Å². The maximum absolute atomic E-state index is 14.7. The summed E-state index contributed by atoms with van der Waals surface area (Å²) in [6.45, 7) is 9.51. The van der Waals surface area contributed by atoms with Crippen LogP contribution >= 0.6 is 0 Å². The molecule has 2 fully saturated rings. The van der Waals surface area contributed by atoms with Crippen LogP contribution in [0.3, 0.4) is 0 Å². The van der Waals surface area contributed by atoms with Crippen LogP contribution in [0.25, 0.3) is 16.7 Å². The number of imidazole rings is 1. The lowest BCUT2D eigenvalue weighted by atomic mass is 10.2. The second kappa shape index (κ2) is 10.5. The molecule has 4 aromatic rings. The highest BCUT2D eigenvalue weighted by molar-refractivity contribution is 6.76. The maximum Gasteiger partial charge on any atom is 0.256 e. The van der Waals surface area contributed by atoms with Crippen molar-refractivity contribution in [3.05, 3.63) is 41.4 Å². The number of anilines is 2. The van der Waals surface area contributed by atoms with E-state index in [2.05, 4.69) is 45.0 Å². The first kappa shape index (κ1) is 27.8. The summed E-state index contributed by atoms with van der Waals surface area (Å²) in [4.78, 5) is 15.6. The van der Waals surface area contributed by atoms with Crippen molar-refractivity contribution in [2.24, 2.45) is 0 Å². The highest BCUT2D eigenvalue weighted by Crippen LogP contribution is 2.56. The summed E-state index contributed by atoms with van der Waals surface area (Å²) < 4.78 is 71.2. The SMILES string of the molecule is C[Si](C)(C)CCOCn1c(CNc2nc(N3CCOCC3)nc3c(C4CC4(F)F)cnn23)nc2c(F)c(F)ccc21. The van der Waals surface area contributed by atoms with E-state index in [4.69, 9.17) is 9.47 Å². The molecular formula is C26H32F4N8O2Si. The summed E-state index contributed by atoms with van der Waals surface area (Å²) in [6.07, 6.45) is 1.15. The highest BCUT2D eigenvalue weighted by atomic mass is 28.3. The topological polar surface area (TPSA) is 94.6 Å². The Kier molecular flexibility index (Phi) is 7.14. The average molecular weight is 593 g/mol. The fraction of sp³-hybridized carbons (Fsp3) is 0.538. The number of benzene rings is 1. The van der Waals surface area contributed by atoms with Gasteiger partial charge in [0.25, 0.3) is 5.92 Å². The zero-order chi connectivity index (χ0) is 28.9. The molecule has 1 unspecified atom stereocenters. The molecule has 1 aliphatic heterocycles. The van der Waals surface area contributed by atoms with Gasteiger partial charge >= 0.3 is 0 Å². The Balaban J connectivity index is 1.33. The molecule has 0 spiro atoms. The number of nitrogens with zero attached hydrogens (tertiary/aromatic N) is 7. The lowest BCUT2D eigenvalue weighted by Crippen LogP contribution is -2.37. The summed E-state index contributed by atoms with van der Waals surface area (Å²) in [5, 5.41) is 7.50. The van der Waals surface area contributed by atoms with Gasteiger partial charge in [0, 0.05) is 39.8 Å². The van der Waals surface area contributed by atoms with E-state index in [1.54, 1.807) is 4.57 Å². The Morgan fingerprint density at radius 2 is 1.88 bits per heavy atom. The molecular weight excluding hydrogens is 560 g/mol.